The van der Waals surface area contributed by atoms with Crippen LogP contribution >= 0.6 is 0 Å². The van der Waals surface area contributed by atoms with Gasteiger partial charge in [-0.1, -0.05) is 12.8 Å². The summed E-state index contributed by atoms with van der Waals surface area (Å²) in [5, 5.41) is 3.43. The number of halogens is 2. The zero-order valence-corrected chi connectivity index (χ0v) is 10.6. The molecule has 4 heteroatoms. The Bertz CT molecular complexity index is 391. The quantitative estimate of drug-likeness (QED) is 0.872. The van der Waals surface area contributed by atoms with Crippen molar-refractivity contribution >= 4 is 0 Å². The summed E-state index contributed by atoms with van der Waals surface area (Å²) >= 11 is 0. The lowest BCUT2D eigenvalue weighted by atomic mass is 10.2. The summed E-state index contributed by atoms with van der Waals surface area (Å²) in [7, 11) is 0. The van der Waals surface area contributed by atoms with Gasteiger partial charge in [0.25, 0.3) is 0 Å². The number of rotatable bonds is 5. The van der Waals surface area contributed by atoms with Crippen LogP contribution in [0.1, 0.15) is 32.6 Å². The van der Waals surface area contributed by atoms with Crippen molar-refractivity contribution in [3.05, 3.63) is 29.8 Å². The third kappa shape index (κ3) is 3.67. The van der Waals surface area contributed by atoms with Gasteiger partial charge in [0.05, 0.1) is 0 Å². The van der Waals surface area contributed by atoms with Crippen molar-refractivity contribution in [1.29, 1.82) is 0 Å². The maximum absolute atomic E-state index is 13.0. The van der Waals surface area contributed by atoms with Gasteiger partial charge < -0.3 is 10.1 Å². The first-order valence-corrected chi connectivity index (χ1v) is 6.50. The van der Waals surface area contributed by atoms with Crippen LogP contribution in [0.3, 0.4) is 0 Å². The van der Waals surface area contributed by atoms with Gasteiger partial charge in [-0.15, -0.1) is 0 Å². The maximum Gasteiger partial charge on any atom is 0.162 e. The molecule has 1 aliphatic rings. The van der Waals surface area contributed by atoms with E-state index in [0.717, 1.165) is 18.7 Å². The van der Waals surface area contributed by atoms with Crippen LogP contribution in [-0.4, -0.2) is 18.7 Å². The summed E-state index contributed by atoms with van der Waals surface area (Å²) in [6, 6.07) is 4.20. The van der Waals surface area contributed by atoms with Crippen LogP contribution in [0.5, 0.6) is 5.75 Å². The molecule has 1 saturated carbocycles. The molecule has 2 rings (SSSR count). The molecule has 100 valence electrons. The standard InChI is InChI=1S/C14H19F2NO/c1-10(9-17-11-4-2-3-5-11)18-12-6-7-13(15)14(16)8-12/h6-8,10-11,17H,2-5,9H2,1H3. The molecule has 0 radical (unpaired) electrons. The molecule has 0 aromatic heterocycles. The zero-order valence-electron chi connectivity index (χ0n) is 10.6. The average molecular weight is 255 g/mol. The van der Waals surface area contributed by atoms with Gasteiger partial charge in [-0.2, -0.15) is 0 Å². The molecule has 1 aromatic rings. The monoisotopic (exact) mass is 255 g/mol. The Morgan fingerprint density at radius 2 is 2.00 bits per heavy atom. The highest BCUT2D eigenvalue weighted by Gasteiger charge is 2.15. The molecule has 0 saturated heterocycles. The van der Waals surface area contributed by atoms with E-state index in [0.29, 0.717) is 11.8 Å². The van der Waals surface area contributed by atoms with Crippen molar-refractivity contribution in [2.24, 2.45) is 0 Å². The zero-order chi connectivity index (χ0) is 13.0. The van der Waals surface area contributed by atoms with Crippen molar-refractivity contribution in [3.63, 3.8) is 0 Å². The molecule has 1 unspecified atom stereocenters. The van der Waals surface area contributed by atoms with E-state index in [1.165, 1.54) is 31.7 Å². The highest BCUT2D eigenvalue weighted by atomic mass is 19.2. The van der Waals surface area contributed by atoms with Crippen LogP contribution in [0.25, 0.3) is 0 Å². The molecule has 0 heterocycles. The van der Waals surface area contributed by atoms with Crippen LogP contribution in [0.2, 0.25) is 0 Å². The van der Waals surface area contributed by atoms with E-state index in [-0.39, 0.29) is 6.10 Å². The molecule has 18 heavy (non-hydrogen) atoms. The molecule has 0 bridgehead atoms. The van der Waals surface area contributed by atoms with Crippen molar-refractivity contribution in [2.75, 3.05) is 6.54 Å². The second-order valence-corrected chi connectivity index (χ2v) is 4.89. The van der Waals surface area contributed by atoms with E-state index < -0.39 is 11.6 Å². The molecule has 1 fully saturated rings. The molecule has 2 nitrogen and oxygen atoms in total. The third-order valence-electron chi connectivity index (χ3n) is 3.28. The molecule has 1 atom stereocenters. The number of hydrogen-bond acceptors (Lipinski definition) is 2. The fraction of sp³-hybridized carbons (Fsp3) is 0.571. The van der Waals surface area contributed by atoms with E-state index in [2.05, 4.69) is 5.32 Å². The second kappa shape index (κ2) is 6.14. The summed E-state index contributed by atoms with van der Waals surface area (Å²) in [6.45, 7) is 2.65. The summed E-state index contributed by atoms with van der Waals surface area (Å²) < 4.78 is 31.3. The van der Waals surface area contributed by atoms with Gasteiger partial charge in [0.1, 0.15) is 11.9 Å². The Kier molecular flexibility index (Phi) is 4.53. The summed E-state index contributed by atoms with van der Waals surface area (Å²) in [6.07, 6.45) is 4.96. The van der Waals surface area contributed by atoms with E-state index in [4.69, 9.17) is 4.74 Å². The smallest absolute Gasteiger partial charge is 0.162 e. The van der Waals surface area contributed by atoms with Crippen LogP contribution in [0.15, 0.2) is 18.2 Å². The number of nitrogens with one attached hydrogen (secondary N) is 1. The van der Waals surface area contributed by atoms with Gasteiger partial charge in [-0.3, -0.25) is 0 Å². The van der Waals surface area contributed by atoms with Gasteiger partial charge >= 0.3 is 0 Å². The van der Waals surface area contributed by atoms with Crippen molar-refractivity contribution in [2.45, 2.75) is 44.8 Å². The molecule has 0 amide bonds. The number of benzene rings is 1. The van der Waals surface area contributed by atoms with Gasteiger partial charge in [0.15, 0.2) is 11.6 Å². The molecule has 1 N–H and O–H groups in total. The van der Waals surface area contributed by atoms with Crippen LogP contribution in [0, 0.1) is 11.6 Å². The predicted molar refractivity (Wildman–Crippen MR) is 66.7 cm³/mol. The van der Waals surface area contributed by atoms with Gasteiger partial charge in [0, 0.05) is 18.7 Å². The first-order chi connectivity index (χ1) is 8.65. The maximum atomic E-state index is 13.0. The summed E-state index contributed by atoms with van der Waals surface area (Å²) in [5.41, 5.74) is 0. The van der Waals surface area contributed by atoms with E-state index in [9.17, 15) is 8.78 Å². The highest BCUT2D eigenvalue weighted by molar-refractivity contribution is 5.23. The molecule has 0 spiro atoms. The molecule has 0 aliphatic heterocycles. The fourth-order valence-electron chi connectivity index (χ4n) is 2.29. The van der Waals surface area contributed by atoms with Gasteiger partial charge in [-0.05, 0) is 31.9 Å². The van der Waals surface area contributed by atoms with E-state index in [1.807, 2.05) is 6.92 Å². The van der Waals surface area contributed by atoms with Crippen LogP contribution < -0.4 is 10.1 Å². The Hall–Kier alpha value is -1.16. The van der Waals surface area contributed by atoms with Crippen molar-refractivity contribution < 1.29 is 13.5 Å². The van der Waals surface area contributed by atoms with Crippen molar-refractivity contribution in [1.82, 2.24) is 5.32 Å². The lowest BCUT2D eigenvalue weighted by Gasteiger charge is -2.18. The van der Waals surface area contributed by atoms with Crippen LogP contribution in [-0.2, 0) is 0 Å². The Morgan fingerprint density at radius 1 is 1.28 bits per heavy atom. The normalized spacial score (nSPS) is 17.9. The highest BCUT2D eigenvalue weighted by Crippen LogP contribution is 2.19. The topological polar surface area (TPSA) is 21.3 Å². The first-order valence-electron chi connectivity index (χ1n) is 6.50. The lowest BCUT2D eigenvalue weighted by molar-refractivity contribution is 0.210. The van der Waals surface area contributed by atoms with Gasteiger partial charge in [0.2, 0.25) is 0 Å². The molecule has 1 aromatic carbocycles. The molecule has 1 aliphatic carbocycles. The first kappa shape index (κ1) is 13.3. The SMILES string of the molecule is CC(CNC1CCCC1)Oc1ccc(F)c(F)c1. The molecular formula is C14H19F2NO. The minimum Gasteiger partial charge on any atom is -0.489 e. The molecular weight excluding hydrogens is 236 g/mol. The lowest BCUT2D eigenvalue weighted by Crippen LogP contribution is -2.35. The fourth-order valence-corrected chi connectivity index (χ4v) is 2.29. The summed E-state index contributed by atoms with van der Waals surface area (Å²) in [4.78, 5) is 0. The second-order valence-electron chi connectivity index (χ2n) is 4.89. The van der Waals surface area contributed by atoms with Crippen LogP contribution in [0.4, 0.5) is 8.78 Å². The minimum absolute atomic E-state index is 0.0598. The Balaban J connectivity index is 1.78. The average Bonchev–Trinajstić information content (AvgIpc) is 2.84. The van der Waals surface area contributed by atoms with E-state index >= 15 is 0 Å². The predicted octanol–water partition coefficient (Wildman–Crippen LogP) is 3.26. The third-order valence-corrected chi connectivity index (χ3v) is 3.28. The summed E-state index contributed by atoms with van der Waals surface area (Å²) in [5.74, 6) is -1.35. The number of ether oxygens (including phenoxy) is 1. The number of hydrogen-bond donors (Lipinski definition) is 1. The largest absolute Gasteiger partial charge is 0.489 e. The minimum atomic E-state index is -0.872. The van der Waals surface area contributed by atoms with Gasteiger partial charge in [-0.25, -0.2) is 8.78 Å². The Morgan fingerprint density at radius 3 is 2.67 bits per heavy atom. The van der Waals surface area contributed by atoms with E-state index in [1.54, 1.807) is 0 Å². The Labute approximate surface area is 106 Å². The van der Waals surface area contributed by atoms with Crippen molar-refractivity contribution in [3.8, 4) is 5.75 Å².